The van der Waals surface area contributed by atoms with Gasteiger partial charge < -0.3 is 21.3 Å². The Morgan fingerprint density at radius 3 is 2.30 bits per heavy atom. The van der Waals surface area contributed by atoms with Crippen molar-refractivity contribution >= 4 is 41.1 Å². The van der Waals surface area contributed by atoms with Gasteiger partial charge in [0.05, 0.1) is 29.4 Å². The molecule has 2 fully saturated rings. The highest BCUT2D eigenvalue weighted by atomic mass is 16.3. The maximum absolute atomic E-state index is 14.0. The minimum atomic E-state index is -2.75. The summed E-state index contributed by atoms with van der Waals surface area (Å²) in [5.41, 5.74) is 5.17. The topological polar surface area (TPSA) is 179 Å². The number of hydrogen-bond acceptors (Lipinski definition) is 9. The molecule has 226 valence electrons. The fourth-order valence-electron chi connectivity index (χ4n) is 6.92. The largest absolute Gasteiger partial charge is 0.507 e. The number of anilines is 1. The van der Waals surface area contributed by atoms with Gasteiger partial charge in [-0.15, -0.1) is 0 Å². The third-order valence-electron chi connectivity index (χ3n) is 8.82. The lowest BCUT2D eigenvalue weighted by Crippen LogP contribution is -2.74. The highest BCUT2D eigenvalue weighted by Gasteiger charge is 2.69. The van der Waals surface area contributed by atoms with E-state index >= 15 is 0 Å². The molecule has 0 saturated heterocycles. The summed E-state index contributed by atoms with van der Waals surface area (Å²) in [5, 5.41) is 25.6. The number of nitrogens with zero attached hydrogens (tertiary/aromatic N) is 2. The van der Waals surface area contributed by atoms with E-state index in [4.69, 9.17) is 5.73 Å². The smallest absolute Gasteiger partial charge is 0.235 e. The van der Waals surface area contributed by atoms with Crippen LogP contribution in [0.25, 0.3) is 11.1 Å². The SMILES string of the molecule is CN(C)[C@H]1C(=O)C(C(N)=O)C(=O)[C@@]2(O)C(=O)C3C(=O)c4c(O)ccc(-c5ccc(NC=NC(C)(C)C)cc5)c4C[C@H]3C[C@@H]12. The number of primary amides is 1. The van der Waals surface area contributed by atoms with Crippen molar-refractivity contribution in [3.8, 4) is 16.9 Å². The Morgan fingerprint density at radius 2 is 1.72 bits per heavy atom. The first-order chi connectivity index (χ1) is 20.1. The van der Waals surface area contributed by atoms with Crippen molar-refractivity contribution in [2.24, 2.45) is 34.4 Å². The number of nitrogens with two attached hydrogens (primary N) is 1. The van der Waals surface area contributed by atoms with Crippen molar-refractivity contribution in [1.29, 1.82) is 0 Å². The van der Waals surface area contributed by atoms with E-state index in [1.807, 2.05) is 45.0 Å². The molecule has 2 unspecified atom stereocenters. The number of benzene rings is 2. The van der Waals surface area contributed by atoms with E-state index in [1.54, 1.807) is 26.5 Å². The number of carbonyl (C=O) groups is 5. The Bertz CT molecular complexity index is 1570. The lowest BCUT2D eigenvalue weighted by atomic mass is 9.52. The summed E-state index contributed by atoms with van der Waals surface area (Å²) in [6.45, 7) is 5.95. The van der Waals surface area contributed by atoms with Crippen LogP contribution in [-0.2, 0) is 25.6 Å². The monoisotopic (exact) mass is 588 g/mol. The molecule has 3 aliphatic rings. The summed E-state index contributed by atoms with van der Waals surface area (Å²) < 4.78 is 0. The zero-order valence-electron chi connectivity index (χ0n) is 24.7. The van der Waals surface area contributed by atoms with Crippen molar-refractivity contribution in [2.45, 2.75) is 50.8 Å². The van der Waals surface area contributed by atoms with E-state index < -0.39 is 64.4 Å². The number of fused-ring (bicyclic) bond motifs is 3. The number of carbonyl (C=O) groups excluding carboxylic acids is 5. The van der Waals surface area contributed by atoms with Crippen molar-refractivity contribution in [3.05, 3.63) is 47.5 Å². The number of aromatic hydroxyl groups is 1. The van der Waals surface area contributed by atoms with Crippen LogP contribution in [0.2, 0.25) is 0 Å². The van der Waals surface area contributed by atoms with Crippen molar-refractivity contribution in [2.75, 3.05) is 19.4 Å². The molecule has 2 aromatic rings. The summed E-state index contributed by atoms with van der Waals surface area (Å²) in [4.78, 5) is 72.6. The molecule has 0 spiro atoms. The lowest BCUT2D eigenvalue weighted by Gasteiger charge is -2.52. The number of ketones is 4. The molecule has 0 aliphatic heterocycles. The van der Waals surface area contributed by atoms with Crippen molar-refractivity contribution in [1.82, 2.24) is 4.90 Å². The molecular formula is C32H36N4O7. The van der Waals surface area contributed by atoms with E-state index in [0.29, 0.717) is 11.1 Å². The summed E-state index contributed by atoms with van der Waals surface area (Å²) in [6.07, 6.45) is 1.81. The first kappa shape index (κ1) is 30.2. The van der Waals surface area contributed by atoms with Gasteiger partial charge in [-0.05, 0) is 88.5 Å². The van der Waals surface area contributed by atoms with Crippen molar-refractivity contribution < 1.29 is 34.2 Å². The predicted molar refractivity (Wildman–Crippen MR) is 159 cm³/mol. The second-order valence-electron chi connectivity index (χ2n) is 12.9. The third kappa shape index (κ3) is 4.86. The van der Waals surface area contributed by atoms with Gasteiger partial charge >= 0.3 is 0 Å². The van der Waals surface area contributed by atoms with Gasteiger partial charge in [-0.3, -0.25) is 33.9 Å². The summed E-state index contributed by atoms with van der Waals surface area (Å²) in [7, 11) is 3.11. The molecule has 5 N–H and O–H groups in total. The quantitative estimate of drug-likeness (QED) is 0.230. The Morgan fingerprint density at radius 1 is 1.07 bits per heavy atom. The standard InChI is InChI=1S/C32H36N4O7/c1-31(2,3)35-14-34-17-8-6-15(7-9-17)18-10-11-21(37)23-19(18)12-16-13-20-25(36(4)5)27(39)24(30(33)42)29(41)32(20,43)28(40)22(16)26(23)38/h6-11,14,16,20,22,24-25,37,43H,12-13H2,1-5H3,(H2,33,42)(H,34,35)/t16-,20-,22?,24?,25+,32-/m0/s1. The number of nitrogens with one attached hydrogen (secondary N) is 1. The molecular weight excluding hydrogens is 552 g/mol. The normalized spacial score (nSPS) is 29.0. The second kappa shape index (κ2) is 10.5. The number of hydrogen-bond donors (Lipinski definition) is 4. The van der Waals surface area contributed by atoms with Gasteiger partial charge in [0.15, 0.2) is 34.7 Å². The fourth-order valence-corrected chi connectivity index (χ4v) is 6.92. The number of Topliss-reactive ketones (excluding diaryl/α,β-unsaturated/α-hetero) is 4. The number of aliphatic imine (C=N–C) groups is 1. The average molecular weight is 589 g/mol. The van der Waals surface area contributed by atoms with Crippen LogP contribution in [0.1, 0.15) is 43.1 Å². The molecule has 0 bridgehead atoms. The van der Waals surface area contributed by atoms with Gasteiger partial charge in [0.1, 0.15) is 5.75 Å². The molecule has 2 aromatic carbocycles. The number of aliphatic hydroxyl groups is 1. The lowest BCUT2D eigenvalue weighted by molar-refractivity contribution is -0.181. The highest BCUT2D eigenvalue weighted by molar-refractivity contribution is 6.32. The number of amides is 1. The van der Waals surface area contributed by atoms with Crippen LogP contribution in [0.5, 0.6) is 5.75 Å². The Kier molecular flexibility index (Phi) is 7.38. The zero-order valence-corrected chi connectivity index (χ0v) is 24.7. The predicted octanol–water partition coefficient (Wildman–Crippen LogP) is 1.77. The minimum Gasteiger partial charge on any atom is -0.507 e. The Balaban J connectivity index is 1.54. The van der Waals surface area contributed by atoms with Crippen LogP contribution in [0, 0.1) is 23.7 Å². The van der Waals surface area contributed by atoms with Gasteiger partial charge in [-0.1, -0.05) is 18.2 Å². The summed E-state index contributed by atoms with van der Waals surface area (Å²) in [6, 6.07) is 9.40. The van der Waals surface area contributed by atoms with Gasteiger partial charge in [-0.25, -0.2) is 0 Å². The fraction of sp³-hybridized carbons (Fsp3) is 0.438. The molecule has 0 radical (unpaired) electrons. The second-order valence-corrected chi connectivity index (χ2v) is 12.9. The third-order valence-corrected chi connectivity index (χ3v) is 8.82. The number of likely N-dealkylation sites (N-methyl/N-ethyl adjacent to an activating group) is 1. The van der Waals surface area contributed by atoms with Crippen LogP contribution in [0.15, 0.2) is 41.4 Å². The molecule has 1 amide bonds. The van der Waals surface area contributed by atoms with Gasteiger partial charge in [0, 0.05) is 11.6 Å². The maximum Gasteiger partial charge on any atom is 0.235 e. The van der Waals surface area contributed by atoms with Gasteiger partial charge in [0.25, 0.3) is 0 Å². The molecule has 6 atom stereocenters. The molecule has 11 nitrogen and oxygen atoms in total. The van der Waals surface area contributed by atoms with Crippen LogP contribution in [-0.4, -0.2) is 81.8 Å². The minimum absolute atomic E-state index is 0.00500. The maximum atomic E-state index is 14.0. The number of phenolic OH excluding ortho intramolecular Hbond substituents is 1. The van der Waals surface area contributed by atoms with E-state index in [1.165, 1.54) is 11.0 Å². The molecule has 2 saturated carbocycles. The first-order valence-electron chi connectivity index (χ1n) is 14.2. The first-order valence-corrected chi connectivity index (χ1v) is 14.2. The van der Waals surface area contributed by atoms with E-state index in [2.05, 4.69) is 10.3 Å². The Hall–Kier alpha value is -4.22. The highest BCUT2D eigenvalue weighted by Crippen LogP contribution is 2.51. The van der Waals surface area contributed by atoms with Crippen LogP contribution in [0.3, 0.4) is 0 Å². The van der Waals surface area contributed by atoms with E-state index in [-0.39, 0.29) is 29.7 Å². The van der Waals surface area contributed by atoms with Gasteiger partial charge in [-0.2, -0.15) is 0 Å². The summed E-state index contributed by atoms with van der Waals surface area (Å²) >= 11 is 0. The van der Waals surface area contributed by atoms with Crippen LogP contribution < -0.4 is 11.1 Å². The zero-order chi connectivity index (χ0) is 31.6. The Labute approximate surface area is 249 Å². The molecule has 11 heteroatoms. The van der Waals surface area contributed by atoms with Crippen LogP contribution in [0.4, 0.5) is 5.69 Å². The molecule has 0 aromatic heterocycles. The summed E-state index contributed by atoms with van der Waals surface area (Å²) in [5.74, 6) is -10.7. The molecule has 43 heavy (non-hydrogen) atoms. The average Bonchev–Trinajstić information content (AvgIpc) is 2.90. The van der Waals surface area contributed by atoms with Gasteiger partial charge in [0.2, 0.25) is 5.91 Å². The van der Waals surface area contributed by atoms with E-state index in [9.17, 15) is 34.2 Å². The molecule has 3 aliphatic carbocycles. The van der Waals surface area contributed by atoms with Crippen molar-refractivity contribution in [3.63, 3.8) is 0 Å². The van der Waals surface area contributed by atoms with Crippen LogP contribution >= 0.6 is 0 Å². The molecule has 0 heterocycles. The van der Waals surface area contributed by atoms with E-state index in [0.717, 1.165) is 11.3 Å². The number of rotatable bonds is 5. The molecule has 5 rings (SSSR count). The number of phenols is 1.